The summed E-state index contributed by atoms with van der Waals surface area (Å²) in [6.07, 6.45) is 4.57. The van der Waals surface area contributed by atoms with Crippen LogP contribution in [0.2, 0.25) is 0 Å². The fourth-order valence-corrected chi connectivity index (χ4v) is 4.38. The van der Waals surface area contributed by atoms with Crippen LogP contribution >= 0.6 is 0 Å². The van der Waals surface area contributed by atoms with E-state index >= 15 is 0 Å². The molecule has 5 nitrogen and oxygen atoms in total. The Morgan fingerprint density at radius 2 is 1.92 bits per heavy atom. The number of aliphatic hydroxyl groups excluding tert-OH is 2. The molecule has 1 aromatic carbocycles. The monoisotopic (exact) mass is 327 g/mol. The lowest BCUT2D eigenvalue weighted by Crippen LogP contribution is -2.43. The summed E-state index contributed by atoms with van der Waals surface area (Å²) in [7, 11) is 0. The molecule has 2 aromatic rings. The lowest BCUT2D eigenvalue weighted by atomic mass is 9.92. The molecule has 24 heavy (non-hydrogen) atoms. The fourth-order valence-electron chi connectivity index (χ4n) is 4.38. The van der Waals surface area contributed by atoms with Crippen molar-refractivity contribution in [2.75, 3.05) is 19.7 Å². The Morgan fingerprint density at radius 3 is 2.67 bits per heavy atom. The molecule has 1 fully saturated rings. The Morgan fingerprint density at radius 1 is 1.12 bits per heavy atom. The molecule has 0 bridgehead atoms. The Kier molecular flexibility index (Phi) is 4.39. The fraction of sp³-hybridized carbons (Fsp3) is 0.526. The van der Waals surface area contributed by atoms with Gasteiger partial charge < -0.3 is 10.2 Å². The van der Waals surface area contributed by atoms with Gasteiger partial charge in [-0.3, -0.25) is 9.58 Å². The summed E-state index contributed by atoms with van der Waals surface area (Å²) < 4.78 is 1.93. The van der Waals surface area contributed by atoms with E-state index < -0.39 is 0 Å². The highest BCUT2D eigenvalue weighted by atomic mass is 16.3. The molecular weight excluding hydrogens is 302 g/mol. The second-order valence-corrected chi connectivity index (χ2v) is 6.93. The molecule has 2 atom stereocenters. The zero-order valence-electron chi connectivity index (χ0n) is 13.9. The number of hydrogen-bond donors (Lipinski definition) is 2. The summed E-state index contributed by atoms with van der Waals surface area (Å²) in [6.45, 7) is 2.70. The van der Waals surface area contributed by atoms with Gasteiger partial charge >= 0.3 is 0 Å². The van der Waals surface area contributed by atoms with Gasteiger partial charge in [-0.15, -0.1) is 0 Å². The van der Waals surface area contributed by atoms with Crippen LogP contribution in [0.3, 0.4) is 0 Å². The maximum atomic E-state index is 10.7. The molecule has 2 heterocycles. The standard InChI is InChI=1S/C19H25N3O2/c23-12-11-22-17(5-8-20-22)14-6-9-21(10-7-14)18-13-15-3-1-2-4-16(15)19(18)24/h1-5,8,14,18-19,23-24H,6-7,9-13H2. The topological polar surface area (TPSA) is 61.5 Å². The van der Waals surface area contributed by atoms with Crippen molar-refractivity contribution < 1.29 is 10.2 Å². The number of nitrogens with zero attached hydrogens (tertiary/aromatic N) is 3. The maximum absolute atomic E-state index is 10.7. The normalized spacial score (nSPS) is 25.1. The van der Waals surface area contributed by atoms with E-state index in [1.54, 1.807) is 0 Å². The Hall–Kier alpha value is -1.69. The molecule has 0 amide bonds. The highest BCUT2D eigenvalue weighted by molar-refractivity contribution is 5.36. The second-order valence-electron chi connectivity index (χ2n) is 6.93. The van der Waals surface area contributed by atoms with E-state index in [4.69, 9.17) is 5.11 Å². The van der Waals surface area contributed by atoms with Crippen LogP contribution in [0.25, 0.3) is 0 Å². The molecule has 4 rings (SSSR count). The zero-order valence-corrected chi connectivity index (χ0v) is 13.9. The molecule has 0 radical (unpaired) electrons. The van der Waals surface area contributed by atoms with Crippen LogP contribution in [0.1, 0.15) is 41.7 Å². The van der Waals surface area contributed by atoms with Crippen molar-refractivity contribution in [3.63, 3.8) is 0 Å². The van der Waals surface area contributed by atoms with E-state index in [-0.39, 0.29) is 18.8 Å². The van der Waals surface area contributed by atoms with Crippen molar-refractivity contribution in [2.45, 2.75) is 43.9 Å². The van der Waals surface area contributed by atoms with Crippen LogP contribution in [-0.4, -0.2) is 50.6 Å². The van der Waals surface area contributed by atoms with Crippen molar-refractivity contribution in [3.05, 3.63) is 53.3 Å². The van der Waals surface area contributed by atoms with Gasteiger partial charge in [0.15, 0.2) is 0 Å². The van der Waals surface area contributed by atoms with Crippen LogP contribution in [-0.2, 0) is 13.0 Å². The van der Waals surface area contributed by atoms with E-state index in [1.807, 2.05) is 16.9 Å². The van der Waals surface area contributed by atoms with Crippen molar-refractivity contribution >= 4 is 0 Å². The SMILES string of the molecule is OCCn1nccc1C1CCN(C2Cc3ccccc3C2O)CC1. The minimum absolute atomic E-state index is 0.125. The Balaban J connectivity index is 1.41. The lowest BCUT2D eigenvalue weighted by molar-refractivity contribution is 0.0451. The number of aliphatic hydroxyl groups is 2. The van der Waals surface area contributed by atoms with Crippen LogP contribution in [0.15, 0.2) is 36.5 Å². The van der Waals surface area contributed by atoms with Crippen LogP contribution in [0, 0.1) is 0 Å². The predicted molar refractivity (Wildman–Crippen MR) is 91.8 cm³/mol. The molecule has 0 spiro atoms. The minimum atomic E-state index is -0.363. The molecular formula is C19H25N3O2. The molecule has 1 aromatic heterocycles. The van der Waals surface area contributed by atoms with Crippen molar-refractivity contribution in [2.24, 2.45) is 0 Å². The first kappa shape index (κ1) is 15.8. The summed E-state index contributed by atoms with van der Waals surface area (Å²) >= 11 is 0. The van der Waals surface area contributed by atoms with Gasteiger partial charge in [0.1, 0.15) is 0 Å². The largest absolute Gasteiger partial charge is 0.394 e. The number of hydrogen-bond acceptors (Lipinski definition) is 4. The summed E-state index contributed by atoms with van der Waals surface area (Å²) in [5.74, 6) is 0.497. The molecule has 2 unspecified atom stereocenters. The lowest BCUT2D eigenvalue weighted by Gasteiger charge is -2.37. The van der Waals surface area contributed by atoms with Gasteiger partial charge in [0.2, 0.25) is 0 Å². The number of rotatable bonds is 4. The molecule has 128 valence electrons. The first-order valence-electron chi connectivity index (χ1n) is 8.90. The smallest absolute Gasteiger partial charge is 0.0951 e. The second kappa shape index (κ2) is 6.67. The average Bonchev–Trinajstić information content (AvgIpc) is 3.21. The van der Waals surface area contributed by atoms with Gasteiger partial charge in [-0.05, 0) is 49.5 Å². The van der Waals surface area contributed by atoms with Crippen LogP contribution < -0.4 is 0 Å². The Bertz CT molecular complexity index is 691. The first-order valence-corrected chi connectivity index (χ1v) is 8.90. The van der Waals surface area contributed by atoms with Crippen molar-refractivity contribution in [3.8, 4) is 0 Å². The molecule has 5 heteroatoms. The van der Waals surface area contributed by atoms with Gasteiger partial charge in [0, 0.05) is 23.9 Å². The van der Waals surface area contributed by atoms with E-state index in [0.717, 1.165) is 37.9 Å². The average molecular weight is 327 g/mol. The number of piperidine rings is 1. The molecule has 1 saturated heterocycles. The number of fused-ring (bicyclic) bond motifs is 1. The van der Waals surface area contributed by atoms with Gasteiger partial charge in [-0.2, -0.15) is 5.10 Å². The van der Waals surface area contributed by atoms with E-state index in [0.29, 0.717) is 12.5 Å². The van der Waals surface area contributed by atoms with Gasteiger partial charge in [0.05, 0.1) is 19.3 Å². The predicted octanol–water partition coefficient (Wildman–Crippen LogP) is 1.71. The number of aromatic nitrogens is 2. The summed E-state index contributed by atoms with van der Waals surface area (Å²) in [6, 6.07) is 10.6. The van der Waals surface area contributed by atoms with Gasteiger partial charge in [-0.1, -0.05) is 24.3 Å². The highest BCUT2D eigenvalue weighted by Crippen LogP contribution is 2.37. The van der Waals surface area contributed by atoms with E-state index in [9.17, 15) is 5.11 Å². The molecule has 1 aliphatic carbocycles. The summed E-state index contributed by atoms with van der Waals surface area (Å²) in [5.41, 5.74) is 3.63. The Labute approximate surface area is 142 Å². The molecule has 1 aliphatic heterocycles. The van der Waals surface area contributed by atoms with E-state index in [2.05, 4.69) is 34.3 Å². The maximum Gasteiger partial charge on any atom is 0.0951 e. The molecule has 2 N–H and O–H groups in total. The summed E-state index contributed by atoms with van der Waals surface area (Å²) in [5, 5.41) is 24.2. The van der Waals surface area contributed by atoms with Crippen molar-refractivity contribution in [1.82, 2.24) is 14.7 Å². The number of benzene rings is 1. The third-order valence-corrected chi connectivity index (χ3v) is 5.65. The summed E-state index contributed by atoms with van der Waals surface area (Å²) in [4.78, 5) is 2.45. The quantitative estimate of drug-likeness (QED) is 0.897. The third-order valence-electron chi connectivity index (χ3n) is 5.65. The van der Waals surface area contributed by atoms with Gasteiger partial charge in [-0.25, -0.2) is 0 Å². The number of likely N-dealkylation sites (tertiary alicyclic amines) is 1. The minimum Gasteiger partial charge on any atom is -0.394 e. The third kappa shape index (κ3) is 2.77. The zero-order chi connectivity index (χ0) is 16.5. The van der Waals surface area contributed by atoms with Crippen LogP contribution in [0.4, 0.5) is 0 Å². The van der Waals surface area contributed by atoms with Crippen LogP contribution in [0.5, 0.6) is 0 Å². The first-order chi connectivity index (χ1) is 11.8. The highest BCUT2D eigenvalue weighted by Gasteiger charge is 2.36. The molecule has 2 aliphatic rings. The van der Waals surface area contributed by atoms with Crippen molar-refractivity contribution in [1.29, 1.82) is 0 Å². The van der Waals surface area contributed by atoms with E-state index in [1.165, 1.54) is 11.3 Å². The van der Waals surface area contributed by atoms with Gasteiger partial charge in [0.25, 0.3) is 0 Å². The molecule has 0 saturated carbocycles.